The van der Waals surface area contributed by atoms with Crippen molar-refractivity contribution in [1.29, 1.82) is 0 Å². The van der Waals surface area contributed by atoms with E-state index in [4.69, 9.17) is 9.47 Å². The molecule has 102 valence electrons. The second kappa shape index (κ2) is 5.30. The number of ether oxygens (including phenoxy) is 2. The van der Waals surface area contributed by atoms with Gasteiger partial charge in [0, 0.05) is 5.56 Å². The maximum atomic E-state index is 11.8. The number of Topliss-reactive ketones (excluding diaryl/α,β-unsaturated/α-hetero) is 1. The van der Waals surface area contributed by atoms with Gasteiger partial charge in [0.25, 0.3) is 0 Å². The van der Waals surface area contributed by atoms with Gasteiger partial charge in [0.2, 0.25) is 5.91 Å². The molecule has 0 radical (unpaired) electrons. The van der Waals surface area contributed by atoms with Crippen LogP contribution in [0.1, 0.15) is 24.9 Å². The quantitative estimate of drug-likeness (QED) is 0.774. The van der Waals surface area contributed by atoms with Gasteiger partial charge in [-0.05, 0) is 25.1 Å². The van der Waals surface area contributed by atoms with Gasteiger partial charge in [-0.3, -0.25) is 9.59 Å². The second-order valence-corrected chi connectivity index (χ2v) is 4.52. The third-order valence-corrected chi connectivity index (χ3v) is 3.37. The molecule has 1 amide bonds. The molecular weight excluding hydrogens is 246 g/mol. The van der Waals surface area contributed by atoms with Crippen molar-refractivity contribution in [1.82, 2.24) is 4.90 Å². The Kier molecular flexibility index (Phi) is 3.74. The summed E-state index contributed by atoms with van der Waals surface area (Å²) in [6.07, 6.45) is -0.00335. The molecule has 1 unspecified atom stereocenters. The van der Waals surface area contributed by atoms with Crippen LogP contribution < -0.4 is 9.47 Å². The number of hydrogen-bond donors (Lipinski definition) is 0. The fraction of sp³-hybridized carbons (Fsp3) is 0.429. The molecule has 0 bridgehead atoms. The summed E-state index contributed by atoms with van der Waals surface area (Å²) in [4.78, 5) is 24.7. The van der Waals surface area contributed by atoms with Crippen LogP contribution in [-0.4, -0.2) is 37.4 Å². The van der Waals surface area contributed by atoms with Gasteiger partial charge in [-0.15, -0.1) is 0 Å². The number of likely N-dealkylation sites (tertiary alicyclic amines) is 1. The summed E-state index contributed by atoms with van der Waals surface area (Å²) in [5, 5.41) is 0. The average Bonchev–Trinajstić information content (AvgIpc) is 2.76. The van der Waals surface area contributed by atoms with Crippen molar-refractivity contribution in [2.75, 3.05) is 20.8 Å². The minimum atomic E-state index is -0.219. The summed E-state index contributed by atoms with van der Waals surface area (Å²) < 4.78 is 10.5. The van der Waals surface area contributed by atoms with Gasteiger partial charge >= 0.3 is 0 Å². The van der Waals surface area contributed by atoms with Crippen LogP contribution in [0.25, 0.3) is 0 Å². The first-order valence-electron chi connectivity index (χ1n) is 6.10. The molecule has 0 N–H and O–H groups in total. The van der Waals surface area contributed by atoms with Gasteiger partial charge in [-0.25, -0.2) is 0 Å². The topological polar surface area (TPSA) is 55.8 Å². The zero-order valence-corrected chi connectivity index (χ0v) is 11.3. The lowest BCUT2D eigenvalue weighted by atomic mass is 10.1. The van der Waals surface area contributed by atoms with Crippen molar-refractivity contribution in [2.45, 2.75) is 19.4 Å². The number of rotatable bonds is 4. The van der Waals surface area contributed by atoms with Crippen molar-refractivity contribution in [2.24, 2.45) is 0 Å². The number of ketones is 1. The van der Waals surface area contributed by atoms with Gasteiger partial charge in [0.15, 0.2) is 5.78 Å². The maximum absolute atomic E-state index is 11.8. The van der Waals surface area contributed by atoms with Crippen LogP contribution in [0, 0.1) is 0 Å². The Labute approximate surface area is 112 Å². The van der Waals surface area contributed by atoms with Crippen LogP contribution in [0.2, 0.25) is 0 Å². The largest absolute Gasteiger partial charge is 0.497 e. The van der Waals surface area contributed by atoms with Gasteiger partial charge in [0.1, 0.15) is 11.5 Å². The molecule has 1 fully saturated rings. The Morgan fingerprint density at radius 1 is 1.21 bits per heavy atom. The number of benzene rings is 1. The Hall–Kier alpha value is -2.04. The molecule has 19 heavy (non-hydrogen) atoms. The van der Waals surface area contributed by atoms with E-state index in [0.29, 0.717) is 11.5 Å². The zero-order chi connectivity index (χ0) is 14.0. The van der Waals surface area contributed by atoms with Gasteiger partial charge in [-0.1, -0.05) is 0 Å². The minimum absolute atomic E-state index is 0.00335. The van der Waals surface area contributed by atoms with Crippen molar-refractivity contribution >= 4 is 11.7 Å². The predicted octanol–water partition coefficient (Wildman–Crippen LogP) is 1.57. The number of hydrogen-bond acceptors (Lipinski definition) is 4. The van der Waals surface area contributed by atoms with E-state index in [1.54, 1.807) is 31.3 Å². The highest BCUT2D eigenvalue weighted by Crippen LogP contribution is 2.33. The van der Waals surface area contributed by atoms with E-state index in [1.165, 1.54) is 0 Å². The van der Waals surface area contributed by atoms with Crippen molar-refractivity contribution in [3.8, 4) is 11.5 Å². The van der Waals surface area contributed by atoms with Crippen molar-refractivity contribution < 1.29 is 19.1 Å². The molecule has 5 nitrogen and oxygen atoms in total. The lowest BCUT2D eigenvalue weighted by molar-refractivity contribution is -0.129. The number of amides is 1. The summed E-state index contributed by atoms with van der Waals surface area (Å²) in [5.41, 5.74) is 0.838. The number of carbonyl (C=O) groups excluding carboxylic acids is 2. The highest BCUT2D eigenvalue weighted by Gasteiger charge is 2.32. The molecular formula is C14H17NO4. The number of nitrogens with zero attached hydrogens (tertiary/aromatic N) is 1. The van der Waals surface area contributed by atoms with E-state index in [9.17, 15) is 9.59 Å². The molecule has 1 saturated heterocycles. The lowest BCUT2D eigenvalue weighted by Gasteiger charge is -2.25. The molecule has 5 heteroatoms. The normalized spacial score (nSPS) is 16.7. The Balaban J connectivity index is 2.34. The fourth-order valence-corrected chi connectivity index (χ4v) is 2.29. The van der Waals surface area contributed by atoms with Crippen LogP contribution >= 0.6 is 0 Å². The molecule has 1 aromatic carbocycles. The van der Waals surface area contributed by atoms with Crippen LogP contribution in [0.3, 0.4) is 0 Å². The zero-order valence-electron chi connectivity index (χ0n) is 11.3. The van der Waals surface area contributed by atoms with E-state index in [-0.39, 0.29) is 30.7 Å². The Bertz CT molecular complexity index is 512. The summed E-state index contributed by atoms with van der Waals surface area (Å²) in [6.45, 7) is 2.05. The monoisotopic (exact) mass is 263 g/mol. The van der Waals surface area contributed by atoms with Crippen molar-refractivity contribution in [3.63, 3.8) is 0 Å². The third kappa shape index (κ3) is 2.54. The molecule has 0 spiro atoms. The van der Waals surface area contributed by atoms with Crippen LogP contribution in [0.4, 0.5) is 0 Å². The van der Waals surface area contributed by atoms with E-state index in [1.807, 2.05) is 13.0 Å². The highest BCUT2D eigenvalue weighted by atomic mass is 16.5. The van der Waals surface area contributed by atoms with E-state index < -0.39 is 0 Å². The Morgan fingerprint density at radius 2 is 1.95 bits per heavy atom. The van der Waals surface area contributed by atoms with E-state index in [2.05, 4.69) is 0 Å². The molecule has 0 aliphatic carbocycles. The first-order chi connectivity index (χ1) is 9.06. The van der Waals surface area contributed by atoms with Crippen LogP contribution in [0.15, 0.2) is 18.2 Å². The highest BCUT2D eigenvalue weighted by molar-refractivity contribution is 6.05. The summed E-state index contributed by atoms with van der Waals surface area (Å²) in [6, 6.07) is 5.21. The molecule has 0 aromatic heterocycles. The Morgan fingerprint density at radius 3 is 2.47 bits per heavy atom. The fourth-order valence-electron chi connectivity index (χ4n) is 2.29. The van der Waals surface area contributed by atoms with Gasteiger partial charge < -0.3 is 14.4 Å². The molecule has 1 atom stereocenters. The van der Waals surface area contributed by atoms with Gasteiger partial charge in [0.05, 0.1) is 33.2 Å². The molecule has 1 aliphatic rings. The molecule has 1 aliphatic heterocycles. The van der Waals surface area contributed by atoms with Crippen LogP contribution in [-0.2, 0) is 9.59 Å². The predicted molar refractivity (Wildman–Crippen MR) is 69.3 cm³/mol. The van der Waals surface area contributed by atoms with E-state index >= 15 is 0 Å². The van der Waals surface area contributed by atoms with Crippen LogP contribution in [0.5, 0.6) is 11.5 Å². The number of carbonyl (C=O) groups is 2. The maximum Gasteiger partial charge on any atom is 0.231 e. The second-order valence-electron chi connectivity index (χ2n) is 4.52. The SMILES string of the molecule is COc1ccc(OC)c(C(C)N2CC(=O)CC2=O)c1. The van der Waals surface area contributed by atoms with E-state index in [0.717, 1.165) is 5.56 Å². The van der Waals surface area contributed by atoms with Crippen molar-refractivity contribution in [3.05, 3.63) is 23.8 Å². The molecule has 1 aromatic rings. The third-order valence-electron chi connectivity index (χ3n) is 3.37. The first kappa shape index (κ1) is 13.4. The average molecular weight is 263 g/mol. The minimum Gasteiger partial charge on any atom is -0.497 e. The molecule has 1 heterocycles. The molecule has 0 saturated carbocycles. The standard InChI is InChI=1S/C14H17NO4/c1-9(15-8-10(16)6-14(15)17)12-7-11(18-2)4-5-13(12)19-3/h4-5,7,9H,6,8H2,1-3H3. The molecule has 2 rings (SSSR count). The summed E-state index contributed by atoms with van der Waals surface area (Å²) in [7, 11) is 3.16. The first-order valence-corrected chi connectivity index (χ1v) is 6.10. The number of methoxy groups -OCH3 is 2. The van der Waals surface area contributed by atoms with Gasteiger partial charge in [-0.2, -0.15) is 0 Å². The lowest BCUT2D eigenvalue weighted by Crippen LogP contribution is -2.28. The summed E-state index contributed by atoms with van der Waals surface area (Å²) in [5.74, 6) is 1.20. The smallest absolute Gasteiger partial charge is 0.231 e. The summed E-state index contributed by atoms with van der Waals surface area (Å²) >= 11 is 0.